The molecule has 0 N–H and O–H groups in total. The van der Waals surface area contributed by atoms with E-state index in [2.05, 4.69) is 252 Å². The SMILES string of the molecule is c1ccc(-c2ccc([Si](c3ccccc3)(c3cccc(-n4c5ccccc5c5cc(-n6c7ccccc7c7ccccc76)ccc54)c3)c3cccc4c3oc3ccccc34)cc2)cc1. The Balaban J connectivity index is 1.08. The average molecular weight is 833 g/mol. The van der Waals surface area contributed by atoms with E-state index in [-0.39, 0.29) is 0 Å². The first-order valence-corrected chi connectivity index (χ1v) is 24.0. The summed E-state index contributed by atoms with van der Waals surface area (Å²) in [5, 5.41) is 12.3. The van der Waals surface area contributed by atoms with Gasteiger partial charge in [0.1, 0.15) is 11.2 Å². The van der Waals surface area contributed by atoms with Crippen LogP contribution in [0.1, 0.15) is 0 Å². The fourth-order valence-electron chi connectivity index (χ4n) is 10.7. The van der Waals surface area contributed by atoms with Gasteiger partial charge in [0, 0.05) is 43.7 Å². The number of hydrogen-bond donors (Lipinski definition) is 0. The average Bonchev–Trinajstić information content (AvgIpc) is 4.03. The van der Waals surface area contributed by atoms with E-state index in [9.17, 15) is 0 Å². The summed E-state index contributed by atoms with van der Waals surface area (Å²) in [5.41, 5.74) is 11.3. The first kappa shape index (κ1) is 36.5. The third-order valence-corrected chi connectivity index (χ3v) is 18.2. The summed E-state index contributed by atoms with van der Waals surface area (Å²) in [4.78, 5) is 0. The lowest BCUT2D eigenvalue weighted by molar-refractivity contribution is 0.671. The van der Waals surface area contributed by atoms with Crippen LogP contribution in [0.25, 0.3) is 88.1 Å². The molecule has 0 fully saturated rings. The first-order chi connectivity index (χ1) is 31.8. The molecule has 4 heteroatoms. The Morgan fingerprint density at radius 2 is 0.781 bits per heavy atom. The van der Waals surface area contributed by atoms with E-state index >= 15 is 0 Å². The number of hydrogen-bond acceptors (Lipinski definition) is 1. The van der Waals surface area contributed by atoms with E-state index < -0.39 is 8.07 Å². The summed E-state index contributed by atoms with van der Waals surface area (Å²) in [5.74, 6) is 0. The zero-order valence-electron chi connectivity index (χ0n) is 34.9. The number of nitrogens with zero attached hydrogens (tertiary/aromatic N) is 2. The van der Waals surface area contributed by atoms with E-state index in [1.54, 1.807) is 0 Å². The lowest BCUT2D eigenvalue weighted by Crippen LogP contribution is -2.74. The second kappa shape index (κ2) is 14.5. The van der Waals surface area contributed by atoms with Crippen LogP contribution in [0.15, 0.2) is 247 Å². The van der Waals surface area contributed by atoms with Crippen LogP contribution in [0.3, 0.4) is 0 Å². The zero-order valence-corrected chi connectivity index (χ0v) is 35.9. The Bertz CT molecular complexity index is 3850. The van der Waals surface area contributed by atoms with Crippen LogP contribution in [0.5, 0.6) is 0 Å². The highest BCUT2D eigenvalue weighted by Gasteiger charge is 2.44. The molecule has 300 valence electrons. The van der Waals surface area contributed by atoms with Crippen molar-refractivity contribution >= 4 is 94.4 Å². The Labute approximate surface area is 371 Å². The normalized spacial score (nSPS) is 12.8. The molecule has 0 spiro atoms. The molecule has 10 aromatic carbocycles. The third-order valence-electron chi connectivity index (χ3n) is 13.5. The Kier molecular flexibility index (Phi) is 8.23. The molecule has 0 aliphatic heterocycles. The molecule has 3 aromatic heterocycles. The molecule has 1 atom stereocenters. The molecule has 0 saturated heterocycles. The predicted molar refractivity (Wildman–Crippen MR) is 271 cm³/mol. The van der Waals surface area contributed by atoms with Crippen LogP contribution < -0.4 is 20.7 Å². The largest absolute Gasteiger partial charge is 0.456 e. The molecule has 3 heterocycles. The van der Waals surface area contributed by atoms with Gasteiger partial charge >= 0.3 is 0 Å². The number of rotatable bonds is 7. The number of benzene rings is 10. The second-order valence-corrected chi connectivity index (χ2v) is 20.6. The summed E-state index contributed by atoms with van der Waals surface area (Å²) in [6, 6.07) is 89.2. The van der Waals surface area contributed by atoms with Gasteiger partial charge in [-0.1, -0.05) is 188 Å². The standard InChI is InChI=1S/C60H40N2OSi/c1-3-17-41(18-4-1)42-33-36-46(37-34-42)64(45-20-5-2-6-21-45,59-32-16-27-52-51-26-10-14-31-58(51)63-60(52)59)47-22-15-19-43(39-47)61-56-30-13-9-25-50(56)53-40-44(35-38-57(53)61)62-54-28-11-7-23-48(54)49-24-8-12-29-55(49)62/h1-40H. The number of fused-ring (bicyclic) bond motifs is 9. The van der Waals surface area contributed by atoms with E-state index in [0.717, 1.165) is 33.3 Å². The van der Waals surface area contributed by atoms with Gasteiger partial charge in [0.05, 0.1) is 22.1 Å². The monoisotopic (exact) mass is 832 g/mol. The molecule has 0 aliphatic carbocycles. The molecule has 0 saturated carbocycles. The van der Waals surface area contributed by atoms with Crippen molar-refractivity contribution in [3.63, 3.8) is 0 Å². The van der Waals surface area contributed by atoms with Crippen LogP contribution in [-0.4, -0.2) is 17.2 Å². The van der Waals surface area contributed by atoms with Crippen LogP contribution in [0.2, 0.25) is 0 Å². The zero-order chi connectivity index (χ0) is 42.2. The smallest absolute Gasteiger partial charge is 0.184 e. The quantitative estimate of drug-likeness (QED) is 0.116. The molecule has 13 rings (SSSR count). The van der Waals surface area contributed by atoms with Crippen LogP contribution in [-0.2, 0) is 0 Å². The minimum absolute atomic E-state index is 0.902. The van der Waals surface area contributed by atoms with Crippen LogP contribution in [0, 0.1) is 0 Å². The third kappa shape index (κ3) is 5.39. The highest BCUT2D eigenvalue weighted by Crippen LogP contribution is 2.37. The Hall–Kier alpha value is -8.18. The lowest BCUT2D eigenvalue weighted by atomic mass is 10.1. The van der Waals surface area contributed by atoms with Crippen molar-refractivity contribution < 1.29 is 4.42 Å². The van der Waals surface area contributed by atoms with E-state index in [1.807, 2.05) is 0 Å². The van der Waals surface area contributed by atoms with Gasteiger partial charge in [0.15, 0.2) is 8.07 Å². The van der Waals surface area contributed by atoms with E-state index in [1.165, 1.54) is 75.5 Å². The van der Waals surface area contributed by atoms with Gasteiger partial charge in [-0.3, -0.25) is 0 Å². The van der Waals surface area contributed by atoms with Gasteiger partial charge in [-0.05, 0) is 86.5 Å². The predicted octanol–water partition coefficient (Wildman–Crippen LogP) is 12.8. The summed E-state index contributed by atoms with van der Waals surface area (Å²) in [6.07, 6.45) is 0. The number of para-hydroxylation sites is 5. The van der Waals surface area contributed by atoms with Gasteiger partial charge in [-0.25, -0.2) is 0 Å². The van der Waals surface area contributed by atoms with Gasteiger partial charge in [0.25, 0.3) is 0 Å². The topological polar surface area (TPSA) is 23.0 Å². The van der Waals surface area contributed by atoms with Crippen molar-refractivity contribution in [1.82, 2.24) is 9.13 Å². The molecule has 0 amide bonds. The minimum Gasteiger partial charge on any atom is -0.456 e. The Morgan fingerprint density at radius 1 is 0.297 bits per heavy atom. The number of aromatic nitrogens is 2. The molecule has 64 heavy (non-hydrogen) atoms. The molecular weight excluding hydrogens is 793 g/mol. The van der Waals surface area contributed by atoms with Crippen molar-refractivity contribution in [2.24, 2.45) is 0 Å². The second-order valence-electron chi connectivity index (χ2n) is 16.8. The van der Waals surface area contributed by atoms with Gasteiger partial charge < -0.3 is 13.6 Å². The minimum atomic E-state index is -3.14. The van der Waals surface area contributed by atoms with Gasteiger partial charge in [-0.15, -0.1) is 0 Å². The summed E-state index contributed by atoms with van der Waals surface area (Å²) >= 11 is 0. The first-order valence-electron chi connectivity index (χ1n) is 22.0. The van der Waals surface area contributed by atoms with Crippen molar-refractivity contribution in [2.75, 3.05) is 0 Å². The van der Waals surface area contributed by atoms with E-state index in [0.29, 0.717) is 0 Å². The maximum absolute atomic E-state index is 6.99. The van der Waals surface area contributed by atoms with E-state index in [4.69, 9.17) is 4.42 Å². The maximum Gasteiger partial charge on any atom is 0.184 e. The van der Waals surface area contributed by atoms with Gasteiger partial charge in [-0.2, -0.15) is 0 Å². The Morgan fingerprint density at radius 3 is 1.47 bits per heavy atom. The van der Waals surface area contributed by atoms with Crippen LogP contribution in [0.4, 0.5) is 0 Å². The molecule has 0 bridgehead atoms. The number of furan rings is 1. The van der Waals surface area contributed by atoms with Crippen molar-refractivity contribution in [1.29, 1.82) is 0 Å². The summed E-state index contributed by atoms with van der Waals surface area (Å²) in [6.45, 7) is 0. The molecule has 13 aromatic rings. The molecule has 0 radical (unpaired) electrons. The summed E-state index contributed by atoms with van der Waals surface area (Å²) < 4.78 is 11.9. The molecule has 0 aliphatic rings. The lowest BCUT2D eigenvalue weighted by Gasteiger charge is -2.34. The van der Waals surface area contributed by atoms with Crippen molar-refractivity contribution in [3.8, 4) is 22.5 Å². The fourth-order valence-corrected chi connectivity index (χ4v) is 15.6. The van der Waals surface area contributed by atoms with Crippen LogP contribution >= 0.6 is 0 Å². The molecular formula is C60H40N2OSi. The van der Waals surface area contributed by atoms with Gasteiger partial charge in [0.2, 0.25) is 0 Å². The molecule has 3 nitrogen and oxygen atoms in total. The highest BCUT2D eigenvalue weighted by atomic mass is 28.3. The maximum atomic E-state index is 6.99. The van der Waals surface area contributed by atoms with Crippen molar-refractivity contribution in [3.05, 3.63) is 243 Å². The van der Waals surface area contributed by atoms with Crippen molar-refractivity contribution in [2.45, 2.75) is 0 Å². The highest BCUT2D eigenvalue weighted by molar-refractivity contribution is 7.20. The molecule has 1 unspecified atom stereocenters. The summed E-state index contributed by atoms with van der Waals surface area (Å²) in [7, 11) is -3.14. The fraction of sp³-hybridized carbons (Fsp3) is 0.